The van der Waals surface area contributed by atoms with Crippen LogP contribution in [0.3, 0.4) is 0 Å². The van der Waals surface area contributed by atoms with Crippen LogP contribution in [0.5, 0.6) is 5.75 Å². The first-order chi connectivity index (χ1) is 17.1. The number of unbranched alkanes of at least 4 members (excludes halogenated alkanes) is 1. The number of ether oxygens (including phenoxy) is 1. The lowest BCUT2D eigenvalue weighted by Crippen LogP contribution is -2.31. The molecule has 0 heterocycles. The molecule has 0 spiro atoms. The standard InChI is InChI=1S/C32H55N3O/c1-9-32(4,21-12-15-29(2)3)22-20-30-16-18-31(19-17-30)36-28-11-10-25-35(26-13-23-33(5)6)27-14-24-34(7)8/h9,15-20,22H,1,10-14,21,23-28H2,2-8H3/b22-20+/t32-/m1/s1. The van der Waals surface area contributed by atoms with Crippen LogP contribution >= 0.6 is 0 Å². The molecule has 0 saturated heterocycles. The van der Waals surface area contributed by atoms with Gasteiger partial charge in [-0.25, -0.2) is 0 Å². The summed E-state index contributed by atoms with van der Waals surface area (Å²) in [5.41, 5.74) is 2.58. The number of hydrogen-bond acceptors (Lipinski definition) is 4. The van der Waals surface area contributed by atoms with Crippen molar-refractivity contribution in [2.75, 3.05) is 67.5 Å². The summed E-state index contributed by atoms with van der Waals surface area (Å²) in [6.07, 6.45) is 15.7. The molecule has 0 unspecified atom stereocenters. The molecule has 4 nitrogen and oxygen atoms in total. The first-order valence-electron chi connectivity index (χ1n) is 13.8. The smallest absolute Gasteiger partial charge is 0.119 e. The van der Waals surface area contributed by atoms with E-state index in [1.165, 1.54) is 43.5 Å². The molecular formula is C32H55N3O. The van der Waals surface area contributed by atoms with Crippen LogP contribution in [-0.4, -0.2) is 82.2 Å². The molecule has 0 aromatic heterocycles. The highest BCUT2D eigenvalue weighted by Gasteiger charge is 2.15. The van der Waals surface area contributed by atoms with E-state index in [1.807, 2.05) is 0 Å². The Balaban J connectivity index is 2.42. The summed E-state index contributed by atoms with van der Waals surface area (Å²) in [5.74, 6) is 0.955. The third-order valence-electron chi connectivity index (χ3n) is 6.54. The van der Waals surface area contributed by atoms with Crippen molar-refractivity contribution in [1.82, 2.24) is 14.7 Å². The van der Waals surface area contributed by atoms with Gasteiger partial charge in [0.05, 0.1) is 6.61 Å². The SMILES string of the molecule is C=C[C@@](C)(/C=C/c1ccc(OCCCCN(CCCN(C)C)CCCN(C)C)cc1)CCC=C(C)C. The van der Waals surface area contributed by atoms with Crippen molar-refractivity contribution in [3.63, 3.8) is 0 Å². The zero-order chi connectivity index (χ0) is 26.8. The minimum atomic E-state index is 0.00787. The van der Waals surface area contributed by atoms with Crippen molar-refractivity contribution < 1.29 is 4.74 Å². The molecule has 0 radical (unpaired) electrons. The summed E-state index contributed by atoms with van der Waals surface area (Å²) in [6.45, 7) is 17.2. The Morgan fingerprint density at radius 3 is 1.97 bits per heavy atom. The summed E-state index contributed by atoms with van der Waals surface area (Å²) in [6, 6.07) is 8.46. The first kappa shape index (κ1) is 32.1. The number of allylic oxidation sites excluding steroid dienone is 4. The lowest BCUT2D eigenvalue weighted by atomic mass is 9.84. The fourth-order valence-corrected chi connectivity index (χ4v) is 4.07. The lowest BCUT2D eigenvalue weighted by molar-refractivity contribution is 0.227. The molecule has 0 aliphatic rings. The Hall–Kier alpha value is -1.88. The zero-order valence-electron chi connectivity index (χ0n) is 24.6. The van der Waals surface area contributed by atoms with E-state index in [9.17, 15) is 0 Å². The highest BCUT2D eigenvalue weighted by Crippen LogP contribution is 2.28. The van der Waals surface area contributed by atoms with E-state index in [4.69, 9.17) is 4.74 Å². The lowest BCUT2D eigenvalue weighted by Gasteiger charge is -2.24. The number of hydrogen-bond donors (Lipinski definition) is 0. The van der Waals surface area contributed by atoms with Crippen molar-refractivity contribution in [2.24, 2.45) is 5.41 Å². The van der Waals surface area contributed by atoms with Crippen LogP contribution in [0.1, 0.15) is 64.9 Å². The average molecular weight is 498 g/mol. The molecule has 1 atom stereocenters. The van der Waals surface area contributed by atoms with Gasteiger partial charge in [-0.1, -0.05) is 48.9 Å². The fraction of sp³-hybridized carbons (Fsp3) is 0.625. The summed E-state index contributed by atoms with van der Waals surface area (Å²) < 4.78 is 6.03. The van der Waals surface area contributed by atoms with Crippen LogP contribution < -0.4 is 4.74 Å². The zero-order valence-corrected chi connectivity index (χ0v) is 24.6. The number of nitrogens with zero attached hydrogens (tertiary/aromatic N) is 3. The van der Waals surface area contributed by atoms with Crippen molar-refractivity contribution in [2.45, 2.75) is 59.3 Å². The highest BCUT2D eigenvalue weighted by molar-refractivity contribution is 5.52. The summed E-state index contributed by atoms with van der Waals surface area (Å²) >= 11 is 0. The molecular weight excluding hydrogens is 442 g/mol. The second-order valence-corrected chi connectivity index (χ2v) is 11.1. The van der Waals surface area contributed by atoms with Gasteiger partial charge in [-0.3, -0.25) is 0 Å². The summed E-state index contributed by atoms with van der Waals surface area (Å²) in [5, 5.41) is 0. The molecule has 0 amide bonds. The van der Waals surface area contributed by atoms with Gasteiger partial charge in [0.2, 0.25) is 0 Å². The normalized spacial score (nSPS) is 13.5. The van der Waals surface area contributed by atoms with Gasteiger partial charge >= 0.3 is 0 Å². The Morgan fingerprint density at radius 1 is 0.861 bits per heavy atom. The van der Waals surface area contributed by atoms with E-state index in [2.05, 4.69) is 119 Å². The topological polar surface area (TPSA) is 19.0 Å². The van der Waals surface area contributed by atoms with Crippen molar-refractivity contribution in [1.29, 1.82) is 0 Å². The minimum absolute atomic E-state index is 0.00787. The first-order valence-corrected chi connectivity index (χ1v) is 13.8. The quantitative estimate of drug-likeness (QED) is 0.143. The van der Waals surface area contributed by atoms with Gasteiger partial charge in [-0.15, -0.1) is 6.58 Å². The van der Waals surface area contributed by atoms with Crippen LogP contribution in [0.2, 0.25) is 0 Å². The Labute approximate surface area is 223 Å². The van der Waals surface area contributed by atoms with E-state index >= 15 is 0 Å². The van der Waals surface area contributed by atoms with Gasteiger partial charge in [0, 0.05) is 5.41 Å². The van der Waals surface area contributed by atoms with Crippen LogP contribution in [0, 0.1) is 5.41 Å². The maximum absolute atomic E-state index is 6.03. The van der Waals surface area contributed by atoms with Crippen molar-refractivity contribution in [3.8, 4) is 5.75 Å². The Bertz CT molecular complexity index is 748. The second-order valence-electron chi connectivity index (χ2n) is 11.1. The third kappa shape index (κ3) is 16.0. The number of rotatable bonds is 20. The molecule has 0 aliphatic carbocycles. The molecule has 1 aromatic carbocycles. The average Bonchev–Trinajstić information content (AvgIpc) is 2.82. The van der Waals surface area contributed by atoms with Crippen LogP contribution in [0.4, 0.5) is 0 Å². The Morgan fingerprint density at radius 2 is 1.44 bits per heavy atom. The third-order valence-corrected chi connectivity index (χ3v) is 6.54. The molecule has 1 rings (SSSR count). The molecule has 1 aromatic rings. The van der Waals surface area contributed by atoms with Gasteiger partial charge in [0.1, 0.15) is 5.75 Å². The van der Waals surface area contributed by atoms with Crippen molar-refractivity contribution >= 4 is 6.08 Å². The summed E-state index contributed by atoms with van der Waals surface area (Å²) in [7, 11) is 8.62. The van der Waals surface area contributed by atoms with Gasteiger partial charge in [-0.05, 0) is 131 Å². The van der Waals surface area contributed by atoms with Gasteiger partial charge in [0.15, 0.2) is 0 Å². The van der Waals surface area contributed by atoms with E-state index in [1.54, 1.807) is 0 Å². The highest BCUT2D eigenvalue weighted by atomic mass is 16.5. The maximum atomic E-state index is 6.03. The Kier molecular flexibility index (Phi) is 16.4. The molecule has 4 heteroatoms. The van der Waals surface area contributed by atoms with Gasteiger partial charge in [0.25, 0.3) is 0 Å². The summed E-state index contributed by atoms with van der Waals surface area (Å²) in [4.78, 5) is 7.18. The predicted octanol–water partition coefficient (Wildman–Crippen LogP) is 7.00. The predicted molar refractivity (Wildman–Crippen MR) is 160 cm³/mol. The second kappa shape index (κ2) is 18.4. The van der Waals surface area contributed by atoms with Crippen LogP contribution in [-0.2, 0) is 0 Å². The maximum Gasteiger partial charge on any atom is 0.119 e. The van der Waals surface area contributed by atoms with E-state index in [-0.39, 0.29) is 5.41 Å². The number of benzene rings is 1. The minimum Gasteiger partial charge on any atom is -0.494 e. The van der Waals surface area contributed by atoms with Crippen molar-refractivity contribution in [3.05, 3.63) is 60.2 Å². The monoisotopic (exact) mass is 497 g/mol. The van der Waals surface area contributed by atoms with E-state index in [0.717, 1.165) is 51.3 Å². The molecule has 0 fully saturated rings. The molecule has 0 bridgehead atoms. The fourth-order valence-electron chi connectivity index (χ4n) is 4.07. The molecule has 0 N–H and O–H groups in total. The molecule has 204 valence electrons. The van der Waals surface area contributed by atoms with E-state index < -0.39 is 0 Å². The van der Waals surface area contributed by atoms with Crippen LogP contribution in [0.25, 0.3) is 6.08 Å². The molecule has 0 saturated carbocycles. The largest absolute Gasteiger partial charge is 0.494 e. The molecule has 0 aliphatic heterocycles. The van der Waals surface area contributed by atoms with Crippen LogP contribution in [0.15, 0.2) is 54.6 Å². The van der Waals surface area contributed by atoms with Gasteiger partial charge in [-0.2, -0.15) is 0 Å². The molecule has 36 heavy (non-hydrogen) atoms. The van der Waals surface area contributed by atoms with Gasteiger partial charge < -0.3 is 19.4 Å². The van der Waals surface area contributed by atoms with E-state index in [0.29, 0.717) is 0 Å².